The number of benzene rings is 1. The number of hydrogen-bond donors (Lipinski definition) is 2. The molecular formula is C17H21N3O3S. The van der Waals surface area contributed by atoms with Crippen molar-refractivity contribution >= 4 is 15.9 Å². The van der Waals surface area contributed by atoms with E-state index < -0.39 is 10.0 Å². The molecule has 1 aliphatic heterocycles. The molecule has 3 rings (SSSR count). The summed E-state index contributed by atoms with van der Waals surface area (Å²) < 4.78 is 26.6. The van der Waals surface area contributed by atoms with Crippen LogP contribution >= 0.6 is 0 Å². The maximum Gasteiger partial charge on any atom is 0.243 e. The number of rotatable bonds is 5. The number of aromatic amines is 1. The highest BCUT2D eigenvalue weighted by Gasteiger charge is 2.31. The zero-order valence-corrected chi connectivity index (χ0v) is 14.1. The van der Waals surface area contributed by atoms with Gasteiger partial charge in [0, 0.05) is 30.9 Å². The third kappa shape index (κ3) is 3.68. The van der Waals surface area contributed by atoms with E-state index in [1.807, 2.05) is 18.3 Å². The van der Waals surface area contributed by atoms with E-state index >= 15 is 0 Å². The quantitative estimate of drug-likeness (QED) is 0.864. The highest BCUT2D eigenvalue weighted by molar-refractivity contribution is 7.89. The summed E-state index contributed by atoms with van der Waals surface area (Å²) in [6.45, 7) is 1.21. The summed E-state index contributed by atoms with van der Waals surface area (Å²) in [5.74, 6) is -0.149. The number of piperidine rings is 1. The molecule has 1 aliphatic rings. The molecule has 2 N–H and O–H groups in total. The van der Waals surface area contributed by atoms with E-state index in [0.29, 0.717) is 37.4 Å². The fourth-order valence-electron chi connectivity index (χ4n) is 2.90. The van der Waals surface area contributed by atoms with Crippen molar-refractivity contribution < 1.29 is 13.2 Å². The molecule has 7 heteroatoms. The van der Waals surface area contributed by atoms with Crippen molar-refractivity contribution in [1.29, 1.82) is 0 Å². The van der Waals surface area contributed by atoms with Gasteiger partial charge in [0.25, 0.3) is 0 Å². The summed E-state index contributed by atoms with van der Waals surface area (Å²) in [6.07, 6.45) is 2.90. The Hall–Kier alpha value is -2.12. The van der Waals surface area contributed by atoms with Crippen LogP contribution in [-0.2, 0) is 21.4 Å². The molecule has 1 fully saturated rings. The molecule has 1 aromatic carbocycles. The Morgan fingerprint density at radius 2 is 1.83 bits per heavy atom. The predicted molar refractivity (Wildman–Crippen MR) is 90.6 cm³/mol. The number of carbonyl (C=O) groups is 1. The molecule has 2 heterocycles. The lowest BCUT2D eigenvalue weighted by molar-refractivity contribution is -0.126. The number of sulfonamides is 1. The Balaban J connectivity index is 1.54. The van der Waals surface area contributed by atoms with E-state index in [-0.39, 0.29) is 11.8 Å². The Morgan fingerprint density at radius 1 is 1.12 bits per heavy atom. The Morgan fingerprint density at radius 3 is 2.46 bits per heavy atom. The second-order valence-corrected chi connectivity index (χ2v) is 7.84. The number of hydrogen-bond acceptors (Lipinski definition) is 3. The first-order valence-corrected chi connectivity index (χ1v) is 9.46. The fraction of sp³-hybridized carbons (Fsp3) is 0.353. The van der Waals surface area contributed by atoms with Crippen molar-refractivity contribution in [2.24, 2.45) is 5.92 Å². The lowest BCUT2D eigenvalue weighted by atomic mass is 9.97. The van der Waals surface area contributed by atoms with Gasteiger partial charge in [-0.15, -0.1) is 0 Å². The molecule has 1 aromatic heterocycles. The Bertz CT molecular complexity index is 765. The van der Waals surface area contributed by atoms with E-state index in [1.165, 1.54) is 4.31 Å². The smallest absolute Gasteiger partial charge is 0.243 e. The van der Waals surface area contributed by atoms with Crippen LogP contribution in [0.15, 0.2) is 53.6 Å². The molecule has 0 saturated carbocycles. The van der Waals surface area contributed by atoms with Crippen LogP contribution in [0.1, 0.15) is 18.5 Å². The molecule has 0 atom stereocenters. The molecule has 0 bridgehead atoms. The van der Waals surface area contributed by atoms with Crippen LogP contribution in [0.25, 0.3) is 0 Å². The molecule has 1 saturated heterocycles. The van der Waals surface area contributed by atoms with Crippen LogP contribution in [0.5, 0.6) is 0 Å². The van der Waals surface area contributed by atoms with Crippen molar-refractivity contribution in [3.8, 4) is 0 Å². The van der Waals surface area contributed by atoms with Crippen LogP contribution in [0.3, 0.4) is 0 Å². The minimum absolute atomic E-state index is 0.0126. The maximum atomic E-state index is 12.6. The van der Waals surface area contributed by atoms with Gasteiger partial charge in [-0.05, 0) is 37.1 Å². The summed E-state index contributed by atoms with van der Waals surface area (Å²) in [4.78, 5) is 15.6. The van der Waals surface area contributed by atoms with Crippen molar-refractivity contribution in [3.63, 3.8) is 0 Å². The molecule has 0 aliphatic carbocycles. The van der Waals surface area contributed by atoms with Gasteiger partial charge in [-0.25, -0.2) is 8.42 Å². The van der Waals surface area contributed by atoms with Crippen LogP contribution in [0.2, 0.25) is 0 Å². The van der Waals surface area contributed by atoms with Gasteiger partial charge >= 0.3 is 0 Å². The average Bonchev–Trinajstić information content (AvgIpc) is 3.14. The summed E-state index contributed by atoms with van der Waals surface area (Å²) >= 11 is 0. The minimum atomic E-state index is -3.46. The van der Waals surface area contributed by atoms with Crippen LogP contribution < -0.4 is 5.32 Å². The number of amides is 1. The first kappa shape index (κ1) is 16.7. The number of nitrogens with zero attached hydrogens (tertiary/aromatic N) is 1. The molecule has 0 spiro atoms. The molecule has 2 aromatic rings. The zero-order valence-electron chi connectivity index (χ0n) is 13.3. The van der Waals surface area contributed by atoms with Crippen molar-refractivity contribution in [3.05, 3.63) is 54.4 Å². The standard InChI is InChI=1S/C17H21N3O3S/c21-17(19-13-15-5-4-10-18-15)14-8-11-20(12-9-14)24(22,23)16-6-2-1-3-7-16/h1-7,10,14,18H,8-9,11-13H2,(H,19,21). The number of nitrogens with one attached hydrogen (secondary N) is 2. The highest BCUT2D eigenvalue weighted by atomic mass is 32.2. The van der Waals surface area contributed by atoms with Gasteiger partial charge in [0.15, 0.2) is 0 Å². The Kier molecular flexibility index (Phi) is 5.01. The van der Waals surface area contributed by atoms with Crippen LogP contribution in [-0.4, -0.2) is 36.7 Å². The largest absolute Gasteiger partial charge is 0.364 e. The minimum Gasteiger partial charge on any atom is -0.364 e. The average molecular weight is 347 g/mol. The molecule has 0 unspecified atom stereocenters. The van der Waals surface area contributed by atoms with E-state index in [1.54, 1.807) is 30.3 Å². The van der Waals surface area contributed by atoms with E-state index in [9.17, 15) is 13.2 Å². The Labute approximate surface area is 141 Å². The summed E-state index contributed by atoms with van der Waals surface area (Å²) in [5.41, 5.74) is 0.951. The molecule has 1 amide bonds. The fourth-order valence-corrected chi connectivity index (χ4v) is 4.39. The number of H-pyrrole nitrogens is 1. The second kappa shape index (κ2) is 7.19. The first-order chi connectivity index (χ1) is 11.6. The summed E-state index contributed by atoms with van der Waals surface area (Å²) in [7, 11) is -3.46. The van der Waals surface area contributed by atoms with Crippen LogP contribution in [0.4, 0.5) is 0 Å². The van der Waals surface area contributed by atoms with Crippen LogP contribution in [0, 0.1) is 5.92 Å². The second-order valence-electron chi connectivity index (χ2n) is 5.90. The van der Waals surface area contributed by atoms with E-state index in [4.69, 9.17) is 0 Å². The molecule has 128 valence electrons. The van der Waals surface area contributed by atoms with Crippen molar-refractivity contribution in [1.82, 2.24) is 14.6 Å². The summed E-state index contributed by atoms with van der Waals surface area (Å²) in [5, 5.41) is 2.90. The lowest BCUT2D eigenvalue weighted by Gasteiger charge is -2.30. The third-order valence-corrected chi connectivity index (χ3v) is 6.23. The van der Waals surface area contributed by atoms with E-state index in [2.05, 4.69) is 10.3 Å². The first-order valence-electron chi connectivity index (χ1n) is 8.02. The van der Waals surface area contributed by atoms with Crippen molar-refractivity contribution in [2.45, 2.75) is 24.3 Å². The zero-order chi connectivity index (χ0) is 17.0. The number of carbonyl (C=O) groups excluding carboxylic acids is 1. The maximum absolute atomic E-state index is 12.6. The molecule has 6 nitrogen and oxygen atoms in total. The predicted octanol–water partition coefficient (Wildman–Crippen LogP) is 1.73. The topological polar surface area (TPSA) is 82.3 Å². The summed E-state index contributed by atoms with van der Waals surface area (Å²) in [6, 6.07) is 12.2. The van der Waals surface area contributed by atoms with Gasteiger partial charge in [-0.1, -0.05) is 18.2 Å². The molecule has 24 heavy (non-hydrogen) atoms. The van der Waals surface area contributed by atoms with Gasteiger partial charge in [-0.3, -0.25) is 4.79 Å². The van der Waals surface area contributed by atoms with Gasteiger partial charge in [0.05, 0.1) is 11.4 Å². The van der Waals surface area contributed by atoms with Gasteiger partial charge in [0.2, 0.25) is 15.9 Å². The third-order valence-electron chi connectivity index (χ3n) is 4.32. The molecule has 0 radical (unpaired) electrons. The normalized spacial score (nSPS) is 16.8. The monoisotopic (exact) mass is 347 g/mol. The number of aromatic nitrogens is 1. The van der Waals surface area contributed by atoms with E-state index in [0.717, 1.165) is 5.69 Å². The van der Waals surface area contributed by atoms with Gasteiger partial charge in [-0.2, -0.15) is 4.31 Å². The van der Waals surface area contributed by atoms with Gasteiger partial charge in [0.1, 0.15) is 0 Å². The van der Waals surface area contributed by atoms with Gasteiger partial charge < -0.3 is 10.3 Å². The lowest BCUT2D eigenvalue weighted by Crippen LogP contribution is -2.42. The van der Waals surface area contributed by atoms with Crippen molar-refractivity contribution in [2.75, 3.05) is 13.1 Å². The molecular weight excluding hydrogens is 326 g/mol. The highest BCUT2D eigenvalue weighted by Crippen LogP contribution is 2.23. The SMILES string of the molecule is O=C(NCc1ccc[nH]1)C1CCN(S(=O)(=O)c2ccccc2)CC1.